The Labute approximate surface area is 63.1 Å². The summed E-state index contributed by atoms with van der Waals surface area (Å²) in [4.78, 5) is 9.36. The summed E-state index contributed by atoms with van der Waals surface area (Å²) in [5, 5.41) is 0. The summed E-state index contributed by atoms with van der Waals surface area (Å²) >= 11 is 4.60. The Kier molecular flexibility index (Phi) is 9.50. The first-order valence-electron chi connectivity index (χ1n) is 1.01. The van der Waals surface area contributed by atoms with Crippen molar-refractivity contribution in [2.75, 3.05) is 7.11 Å². The molecule has 0 N–H and O–H groups in total. The molecule has 0 aliphatic heterocycles. The van der Waals surface area contributed by atoms with Crippen LogP contribution in [0.4, 0.5) is 4.79 Å². The van der Waals surface area contributed by atoms with Crippen LogP contribution in [0.5, 0.6) is 0 Å². The Morgan fingerprint density at radius 2 is 2.00 bits per heavy atom. The van der Waals surface area contributed by atoms with Crippen LogP contribution in [-0.2, 0) is 4.74 Å². The minimum absolute atomic E-state index is 0. The SMILES string of the molecule is COC(=O)Cl.[NaH]. The van der Waals surface area contributed by atoms with Gasteiger partial charge >= 0.3 is 35.0 Å². The Morgan fingerprint density at radius 3 is 2.00 bits per heavy atom. The number of hydrogen-bond donors (Lipinski definition) is 0. The maximum atomic E-state index is 9.36. The molecule has 0 rings (SSSR count). The Morgan fingerprint density at radius 1 is 1.83 bits per heavy atom. The van der Waals surface area contributed by atoms with Crippen molar-refractivity contribution in [1.82, 2.24) is 0 Å². The van der Waals surface area contributed by atoms with E-state index in [9.17, 15) is 4.79 Å². The fraction of sp³-hybridized carbons (Fsp3) is 0.500. The second-order valence-electron chi connectivity index (χ2n) is 0.442. The number of methoxy groups -OCH3 is 1. The molecule has 0 bridgehead atoms. The Bertz CT molecular complexity index is 46.8. The van der Waals surface area contributed by atoms with Gasteiger partial charge in [-0.25, -0.2) is 4.79 Å². The normalized spacial score (nSPS) is 5.67. The molecule has 0 unspecified atom stereocenters. The molecule has 0 fully saturated rings. The van der Waals surface area contributed by atoms with Crippen LogP contribution < -0.4 is 0 Å². The van der Waals surface area contributed by atoms with Crippen molar-refractivity contribution in [3.05, 3.63) is 0 Å². The molecule has 0 aliphatic rings. The van der Waals surface area contributed by atoms with Crippen LogP contribution in [0.15, 0.2) is 0 Å². The molecule has 0 heterocycles. The van der Waals surface area contributed by atoms with E-state index in [1.54, 1.807) is 0 Å². The first kappa shape index (κ1) is 9.90. The molecule has 2 nitrogen and oxygen atoms in total. The van der Waals surface area contributed by atoms with Gasteiger partial charge in [-0.1, -0.05) is 0 Å². The molecule has 6 heavy (non-hydrogen) atoms. The van der Waals surface area contributed by atoms with Crippen molar-refractivity contribution in [2.24, 2.45) is 0 Å². The summed E-state index contributed by atoms with van der Waals surface area (Å²) in [7, 11) is 1.22. The summed E-state index contributed by atoms with van der Waals surface area (Å²) in [6.07, 6.45) is 0. The second-order valence-corrected chi connectivity index (χ2v) is 0.750. The molecule has 32 valence electrons. The molecule has 0 aromatic carbocycles. The summed E-state index contributed by atoms with van der Waals surface area (Å²) in [6.45, 7) is 0. The fourth-order valence-electron chi connectivity index (χ4n) is 0. The second kappa shape index (κ2) is 5.76. The van der Waals surface area contributed by atoms with Crippen molar-refractivity contribution >= 4 is 46.6 Å². The van der Waals surface area contributed by atoms with Gasteiger partial charge in [0, 0.05) is 11.6 Å². The van der Waals surface area contributed by atoms with Crippen LogP contribution >= 0.6 is 11.6 Å². The van der Waals surface area contributed by atoms with E-state index in [1.165, 1.54) is 7.11 Å². The van der Waals surface area contributed by atoms with Crippen LogP contribution in [0.3, 0.4) is 0 Å². The van der Waals surface area contributed by atoms with Gasteiger partial charge in [-0.2, -0.15) is 0 Å². The van der Waals surface area contributed by atoms with Gasteiger partial charge in [0.25, 0.3) is 0 Å². The molecule has 0 radical (unpaired) electrons. The third-order valence-corrected chi connectivity index (χ3v) is 0.315. The number of halogens is 1. The van der Waals surface area contributed by atoms with E-state index in [4.69, 9.17) is 0 Å². The van der Waals surface area contributed by atoms with E-state index < -0.39 is 5.43 Å². The number of carbonyl (C=O) groups is 1. The molecule has 0 atom stereocenters. The van der Waals surface area contributed by atoms with Crippen molar-refractivity contribution in [1.29, 1.82) is 0 Å². The number of rotatable bonds is 0. The van der Waals surface area contributed by atoms with Crippen molar-refractivity contribution in [3.63, 3.8) is 0 Å². The van der Waals surface area contributed by atoms with Gasteiger partial charge in [-0.3, -0.25) is 0 Å². The van der Waals surface area contributed by atoms with Crippen molar-refractivity contribution in [3.8, 4) is 0 Å². The third kappa shape index (κ3) is 8.83. The molecule has 0 saturated carbocycles. The van der Waals surface area contributed by atoms with E-state index in [2.05, 4.69) is 16.3 Å². The summed E-state index contributed by atoms with van der Waals surface area (Å²) in [6, 6.07) is 0. The molecule has 0 aromatic heterocycles. The van der Waals surface area contributed by atoms with Gasteiger partial charge in [0.15, 0.2) is 0 Å². The average molecular weight is 118 g/mol. The van der Waals surface area contributed by atoms with E-state index in [0.717, 1.165) is 0 Å². The molecule has 0 spiro atoms. The van der Waals surface area contributed by atoms with Crippen LogP contribution in [0.25, 0.3) is 0 Å². The van der Waals surface area contributed by atoms with E-state index in [1.807, 2.05) is 0 Å². The van der Waals surface area contributed by atoms with Crippen LogP contribution in [0.1, 0.15) is 0 Å². The van der Waals surface area contributed by atoms with Gasteiger partial charge in [-0.05, 0) is 0 Å². The van der Waals surface area contributed by atoms with Crippen LogP contribution in [-0.4, -0.2) is 42.1 Å². The predicted octanol–water partition coefficient (Wildman–Crippen LogP) is 0.343. The summed E-state index contributed by atoms with van der Waals surface area (Å²) in [5.41, 5.74) is -0.773. The Hall–Kier alpha value is 0.760. The van der Waals surface area contributed by atoms with E-state index >= 15 is 0 Å². The molecule has 0 aliphatic carbocycles. The van der Waals surface area contributed by atoms with E-state index in [0.29, 0.717) is 0 Å². The van der Waals surface area contributed by atoms with Crippen molar-refractivity contribution < 1.29 is 9.53 Å². The van der Waals surface area contributed by atoms with Gasteiger partial charge in [-0.15, -0.1) is 0 Å². The van der Waals surface area contributed by atoms with Crippen LogP contribution in [0, 0.1) is 0 Å². The van der Waals surface area contributed by atoms with Crippen molar-refractivity contribution in [2.45, 2.75) is 0 Å². The van der Waals surface area contributed by atoms with Gasteiger partial charge < -0.3 is 4.74 Å². The molecular weight excluding hydrogens is 114 g/mol. The summed E-state index contributed by atoms with van der Waals surface area (Å²) < 4.78 is 3.88. The molecule has 0 aromatic rings. The number of ether oxygens (including phenoxy) is 1. The monoisotopic (exact) mass is 118 g/mol. The zero-order chi connectivity index (χ0) is 4.28. The van der Waals surface area contributed by atoms with Gasteiger partial charge in [0.1, 0.15) is 0 Å². The zero-order valence-electron chi connectivity index (χ0n) is 2.69. The molecule has 0 amide bonds. The van der Waals surface area contributed by atoms with Crippen LogP contribution in [0.2, 0.25) is 0 Å². The van der Waals surface area contributed by atoms with E-state index in [-0.39, 0.29) is 29.6 Å². The molecular formula is C2H4ClNaO2. The molecule has 4 heteroatoms. The third-order valence-electron chi connectivity index (χ3n) is 0.160. The number of hydrogen-bond acceptors (Lipinski definition) is 2. The average Bonchev–Trinajstić information content (AvgIpc) is 1.38. The summed E-state index contributed by atoms with van der Waals surface area (Å²) in [5.74, 6) is 0. The minimum atomic E-state index is -0.773. The maximum absolute atomic E-state index is 9.36. The first-order valence-corrected chi connectivity index (χ1v) is 1.38. The first-order chi connectivity index (χ1) is 2.27. The standard InChI is InChI=1S/C2H3ClO2.Na.H/c1-5-2(3)4;;/h1H3;;. The van der Waals surface area contributed by atoms with Gasteiger partial charge in [0.2, 0.25) is 0 Å². The predicted molar refractivity (Wildman–Crippen MR) is 25.4 cm³/mol. The fourth-order valence-corrected chi connectivity index (χ4v) is 0. The number of carbonyl (C=O) groups excluding carboxylic acids is 1. The molecule has 0 saturated heterocycles. The topological polar surface area (TPSA) is 26.3 Å². The Balaban J connectivity index is 0. The van der Waals surface area contributed by atoms with Gasteiger partial charge in [0.05, 0.1) is 7.11 Å². The quantitative estimate of drug-likeness (QED) is 0.339. The zero-order valence-corrected chi connectivity index (χ0v) is 3.45.